The number of para-hydroxylation sites is 1. The molecular formula is C18H27NO4. The van der Waals surface area contributed by atoms with Gasteiger partial charge in [0.25, 0.3) is 0 Å². The molecule has 0 fully saturated rings. The number of carbonyl (C=O) groups is 2. The van der Waals surface area contributed by atoms with Gasteiger partial charge in [0.05, 0.1) is 12.6 Å². The summed E-state index contributed by atoms with van der Waals surface area (Å²) >= 11 is 0. The molecule has 0 unspecified atom stereocenters. The van der Waals surface area contributed by atoms with Crippen LogP contribution in [-0.2, 0) is 9.59 Å². The number of amides is 1. The second kappa shape index (κ2) is 10.0. The molecule has 0 radical (unpaired) electrons. The first-order valence-corrected chi connectivity index (χ1v) is 8.09. The van der Waals surface area contributed by atoms with Crippen molar-refractivity contribution in [3.63, 3.8) is 0 Å². The van der Waals surface area contributed by atoms with Crippen LogP contribution < -0.4 is 10.1 Å². The van der Waals surface area contributed by atoms with E-state index in [4.69, 9.17) is 4.74 Å². The lowest BCUT2D eigenvalue weighted by Gasteiger charge is -2.23. The summed E-state index contributed by atoms with van der Waals surface area (Å²) in [6.45, 7) is 5.43. The Bertz CT molecular complexity index is 489. The predicted octanol–water partition coefficient (Wildman–Crippen LogP) is 2.18. The Morgan fingerprint density at radius 2 is 1.91 bits per heavy atom. The number of rotatable bonds is 10. The summed E-state index contributed by atoms with van der Waals surface area (Å²) in [7, 11) is 0. The van der Waals surface area contributed by atoms with Crippen molar-refractivity contribution in [3.8, 4) is 5.75 Å². The van der Waals surface area contributed by atoms with E-state index in [0.717, 1.165) is 5.75 Å². The van der Waals surface area contributed by atoms with Crippen LogP contribution in [0.3, 0.4) is 0 Å². The third kappa shape index (κ3) is 6.40. The Hall–Kier alpha value is -1.88. The maximum Gasteiger partial charge on any atom is 0.223 e. The zero-order chi connectivity index (χ0) is 17.2. The highest BCUT2D eigenvalue weighted by Gasteiger charge is 2.26. The van der Waals surface area contributed by atoms with Gasteiger partial charge in [-0.25, -0.2) is 0 Å². The monoisotopic (exact) mass is 321 g/mol. The molecule has 0 aliphatic rings. The number of ether oxygens (including phenoxy) is 1. The van der Waals surface area contributed by atoms with Crippen molar-refractivity contribution in [2.75, 3.05) is 13.2 Å². The number of benzene rings is 1. The SMILES string of the molecule is CC[C@H](NC(=O)[C@H](C)[C@@H](CO)CCOc1ccccc1)C(C)=O. The summed E-state index contributed by atoms with van der Waals surface area (Å²) in [5, 5.41) is 12.3. The zero-order valence-corrected chi connectivity index (χ0v) is 14.1. The number of aliphatic hydroxyl groups excluding tert-OH is 1. The summed E-state index contributed by atoms with van der Waals surface area (Å²) in [5.41, 5.74) is 0. The molecule has 0 saturated carbocycles. The van der Waals surface area contributed by atoms with Crippen LogP contribution in [0.2, 0.25) is 0 Å². The van der Waals surface area contributed by atoms with Crippen LogP contribution in [-0.4, -0.2) is 36.1 Å². The quantitative estimate of drug-likeness (QED) is 0.692. The van der Waals surface area contributed by atoms with Gasteiger partial charge in [-0.15, -0.1) is 0 Å². The standard InChI is InChI=1S/C18H27NO4/c1-4-17(14(3)21)19-18(22)13(2)15(12-20)10-11-23-16-8-6-5-7-9-16/h5-9,13,15,17,20H,4,10-12H2,1-3H3,(H,19,22)/t13-,15-,17+/m1/s1. The van der Waals surface area contributed by atoms with Crippen molar-refractivity contribution in [2.45, 2.75) is 39.7 Å². The lowest BCUT2D eigenvalue weighted by atomic mass is 9.90. The van der Waals surface area contributed by atoms with Crippen LogP contribution in [0.5, 0.6) is 5.75 Å². The number of ketones is 1. The Labute approximate surface area is 138 Å². The zero-order valence-electron chi connectivity index (χ0n) is 14.1. The van der Waals surface area contributed by atoms with Gasteiger partial charge in [-0.3, -0.25) is 9.59 Å². The van der Waals surface area contributed by atoms with E-state index in [1.807, 2.05) is 37.3 Å². The topological polar surface area (TPSA) is 75.6 Å². The lowest BCUT2D eigenvalue weighted by Crippen LogP contribution is -2.44. The molecule has 2 N–H and O–H groups in total. The Morgan fingerprint density at radius 3 is 2.43 bits per heavy atom. The average molecular weight is 321 g/mol. The first-order chi connectivity index (χ1) is 11.0. The molecule has 1 aromatic rings. The molecule has 128 valence electrons. The highest BCUT2D eigenvalue weighted by atomic mass is 16.5. The van der Waals surface area contributed by atoms with Crippen LogP contribution in [0.4, 0.5) is 0 Å². The fourth-order valence-electron chi connectivity index (χ4n) is 2.35. The smallest absolute Gasteiger partial charge is 0.223 e. The Kier molecular flexibility index (Phi) is 8.33. The van der Waals surface area contributed by atoms with Crippen LogP contribution in [0.25, 0.3) is 0 Å². The van der Waals surface area contributed by atoms with Gasteiger partial charge >= 0.3 is 0 Å². The molecule has 0 spiro atoms. The molecule has 1 amide bonds. The second-order valence-electron chi connectivity index (χ2n) is 5.76. The molecular weight excluding hydrogens is 294 g/mol. The van der Waals surface area contributed by atoms with Gasteiger partial charge in [0.2, 0.25) is 5.91 Å². The van der Waals surface area contributed by atoms with E-state index < -0.39 is 6.04 Å². The van der Waals surface area contributed by atoms with Crippen LogP contribution in [0.1, 0.15) is 33.6 Å². The molecule has 5 nitrogen and oxygen atoms in total. The molecule has 23 heavy (non-hydrogen) atoms. The highest BCUT2D eigenvalue weighted by Crippen LogP contribution is 2.17. The molecule has 1 aromatic carbocycles. The van der Waals surface area contributed by atoms with Gasteiger partial charge in [0.15, 0.2) is 5.78 Å². The summed E-state index contributed by atoms with van der Waals surface area (Å²) in [6.07, 6.45) is 1.13. The van der Waals surface area contributed by atoms with Crippen LogP contribution in [0, 0.1) is 11.8 Å². The Morgan fingerprint density at radius 1 is 1.26 bits per heavy atom. The molecule has 0 aliphatic carbocycles. The molecule has 0 heterocycles. The lowest BCUT2D eigenvalue weighted by molar-refractivity contribution is -0.131. The van der Waals surface area contributed by atoms with E-state index in [2.05, 4.69) is 5.32 Å². The van der Waals surface area contributed by atoms with E-state index in [1.54, 1.807) is 6.92 Å². The van der Waals surface area contributed by atoms with Gasteiger partial charge in [-0.2, -0.15) is 0 Å². The van der Waals surface area contributed by atoms with Crippen molar-refractivity contribution in [2.24, 2.45) is 11.8 Å². The van der Waals surface area contributed by atoms with Crippen molar-refractivity contribution in [1.29, 1.82) is 0 Å². The van der Waals surface area contributed by atoms with Crippen molar-refractivity contribution in [3.05, 3.63) is 30.3 Å². The summed E-state index contributed by atoms with van der Waals surface area (Å²) in [4.78, 5) is 23.7. The van der Waals surface area contributed by atoms with Crippen LogP contribution in [0.15, 0.2) is 30.3 Å². The minimum atomic E-state index is -0.454. The largest absolute Gasteiger partial charge is 0.494 e. The number of Topliss-reactive ketones (excluding diaryl/α,β-unsaturated/α-hetero) is 1. The normalized spacial score (nSPS) is 14.6. The fraction of sp³-hybridized carbons (Fsp3) is 0.556. The molecule has 3 atom stereocenters. The predicted molar refractivity (Wildman–Crippen MR) is 89.2 cm³/mol. The van der Waals surface area contributed by atoms with E-state index in [9.17, 15) is 14.7 Å². The van der Waals surface area contributed by atoms with Gasteiger partial charge < -0.3 is 15.2 Å². The third-order valence-electron chi connectivity index (χ3n) is 4.07. The summed E-state index contributed by atoms with van der Waals surface area (Å²) in [5.74, 6) is -0.0771. The van der Waals surface area contributed by atoms with Crippen molar-refractivity contribution in [1.82, 2.24) is 5.32 Å². The van der Waals surface area contributed by atoms with Gasteiger partial charge in [0, 0.05) is 12.5 Å². The molecule has 0 aromatic heterocycles. The Balaban J connectivity index is 2.48. The number of hydrogen-bond donors (Lipinski definition) is 2. The maximum absolute atomic E-state index is 12.2. The number of hydrogen-bond acceptors (Lipinski definition) is 4. The van der Waals surface area contributed by atoms with Crippen molar-refractivity contribution < 1.29 is 19.4 Å². The molecule has 0 saturated heterocycles. The van der Waals surface area contributed by atoms with E-state index in [0.29, 0.717) is 19.4 Å². The average Bonchev–Trinajstić information content (AvgIpc) is 2.56. The fourth-order valence-corrected chi connectivity index (χ4v) is 2.35. The summed E-state index contributed by atoms with van der Waals surface area (Å²) in [6, 6.07) is 8.97. The molecule has 5 heteroatoms. The number of nitrogens with one attached hydrogen (secondary N) is 1. The first kappa shape index (κ1) is 19.2. The highest BCUT2D eigenvalue weighted by molar-refractivity contribution is 5.88. The molecule has 1 rings (SSSR count). The summed E-state index contributed by atoms with van der Waals surface area (Å²) < 4.78 is 5.61. The van der Waals surface area contributed by atoms with Gasteiger partial charge in [-0.05, 0) is 37.8 Å². The van der Waals surface area contributed by atoms with E-state index in [1.165, 1.54) is 6.92 Å². The van der Waals surface area contributed by atoms with E-state index >= 15 is 0 Å². The van der Waals surface area contributed by atoms with E-state index in [-0.39, 0.29) is 30.1 Å². The van der Waals surface area contributed by atoms with Crippen LogP contribution >= 0.6 is 0 Å². The maximum atomic E-state index is 12.2. The second-order valence-corrected chi connectivity index (χ2v) is 5.76. The minimum Gasteiger partial charge on any atom is -0.494 e. The molecule has 0 aliphatic heterocycles. The number of aliphatic hydroxyl groups is 1. The molecule has 0 bridgehead atoms. The first-order valence-electron chi connectivity index (χ1n) is 8.09. The minimum absolute atomic E-state index is 0.0546. The van der Waals surface area contributed by atoms with Crippen molar-refractivity contribution >= 4 is 11.7 Å². The number of carbonyl (C=O) groups excluding carboxylic acids is 2. The third-order valence-corrected chi connectivity index (χ3v) is 4.07. The van der Waals surface area contributed by atoms with Gasteiger partial charge in [0.1, 0.15) is 5.75 Å². The van der Waals surface area contributed by atoms with Gasteiger partial charge in [-0.1, -0.05) is 32.0 Å².